The van der Waals surface area contributed by atoms with Crippen molar-refractivity contribution in [2.45, 2.75) is 0 Å². The van der Waals surface area contributed by atoms with Crippen LogP contribution in [0, 0.1) is 0 Å². The SMILES string of the molecule is Cn1cc(Oc2nc(N)nc3[nH]ncc23)cn1. The molecule has 3 aromatic heterocycles. The summed E-state index contributed by atoms with van der Waals surface area (Å²) in [7, 11) is 1.80. The van der Waals surface area contributed by atoms with Gasteiger partial charge in [-0.1, -0.05) is 0 Å². The number of nitrogens with zero attached hydrogens (tertiary/aromatic N) is 5. The maximum Gasteiger partial charge on any atom is 0.235 e. The highest BCUT2D eigenvalue weighted by molar-refractivity contribution is 5.80. The molecule has 0 saturated carbocycles. The zero-order valence-electron chi connectivity index (χ0n) is 8.95. The van der Waals surface area contributed by atoms with E-state index in [0.29, 0.717) is 22.7 Å². The predicted molar refractivity (Wildman–Crippen MR) is 59.4 cm³/mol. The van der Waals surface area contributed by atoms with Gasteiger partial charge in [0.2, 0.25) is 11.8 Å². The summed E-state index contributed by atoms with van der Waals surface area (Å²) in [5.74, 6) is 1.06. The van der Waals surface area contributed by atoms with E-state index in [2.05, 4.69) is 25.3 Å². The van der Waals surface area contributed by atoms with Gasteiger partial charge in [-0.25, -0.2) is 0 Å². The normalized spacial score (nSPS) is 10.9. The molecule has 17 heavy (non-hydrogen) atoms. The molecule has 0 saturated heterocycles. The van der Waals surface area contributed by atoms with Crippen LogP contribution < -0.4 is 10.5 Å². The Morgan fingerprint density at radius 3 is 3.00 bits per heavy atom. The van der Waals surface area contributed by atoms with Crippen LogP contribution in [0.2, 0.25) is 0 Å². The zero-order valence-corrected chi connectivity index (χ0v) is 8.95. The predicted octanol–water partition coefficient (Wildman–Crippen LogP) is 0.461. The Morgan fingerprint density at radius 2 is 2.24 bits per heavy atom. The average molecular weight is 231 g/mol. The molecule has 0 amide bonds. The second-order valence-electron chi connectivity index (χ2n) is 3.47. The largest absolute Gasteiger partial charge is 0.435 e. The lowest BCUT2D eigenvalue weighted by Gasteiger charge is -2.02. The van der Waals surface area contributed by atoms with Crippen LogP contribution in [0.25, 0.3) is 11.0 Å². The molecule has 0 unspecified atom stereocenters. The van der Waals surface area contributed by atoms with Gasteiger partial charge in [0.15, 0.2) is 11.4 Å². The molecule has 0 spiro atoms. The third-order valence-corrected chi connectivity index (χ3v) is 2.19. The number of anilines is 1. The van der Waals surface area contributed by atoms with Gasteiger partial charge in [0.05, 0.1) is 18.6 Å². The summed E-state index contributed by atoms with van der Waals surface area (Å²) in [4.78, 5) is 8.02. The Hall–Kier alpha value is -2.64. The highest BCUT2D eigenvalue weighted by atomic mass is 16.5. The monoisotopic (exact) mass is 231 g/mol. The van der Waals surface area contributed by atoms with Crippen LogP contribution in [0.3, 0.4) is 0 Å². The molecule has 0 radical (unpaired) electrons. The molecule has 3 heterocycles. The molecular formula is C9H9N7O. The number of nitrogens with two attached hydrogens (primary N) is 1. The fourth-order valence-electron chi connectivity index (χ4n) is 1.47. The fourth-order valence-corrected chi connectivity index (χ4v) is 1.47. The molecule has 3 aromatic rings. The molecular weight excluding hydrogens is 222 g/mol. The molecule has 3 N–H and O–H groups in total. The molecule has 0 aliphatic rings. The Balaban J connectivity index is 2.07. The van der Waals surface area contributed by atoms with Crippen molar-refractivity contribution >= 4 is 17.0 Å². The van der Waals surface area contributed by atoms with E-state index in [0.717, 1.165) is 0 Å². The van der Waals surface area contributed by atoms with Gasteiger partial charge < -0.3 is 10.5 Å². The maximum absolute atomic E-state index is 5.58. The second-order valence-corrected chi connectivity index (χ2v) is 3.47. The van der Waals surface area contributed by atoms with Crippen molar-refractivity contribution in [3.8, 4) is 11.6 Å². The first-order chi connectivity index (χ1) is 8.22. The quantitative estimate of drug-likeness (QED) is 0.663. The summed E-state index contributed by atoms with van der Waals surface area (Å²) in [6, 6.07) is 0. The van der Waals surface area contributed by atoms with Crippen molar-refractivity contribution in [2.75, 3.05) is 5.73 Å². The van der Waals surface area contributed by atoms with Crippen LogP contribution in [0.15, 0.2) is 18.6 Å². The molecule has 0 aromatic carbocycles. The second kappa shape index (κ2) is 3.44. The van der Waals surface area contributed by atoms with Crippen LogP contribution in [0.4, 0.5) is 5.95 Å². The highest BCUT2D eigenvalue weighted by Gasteiger charge is 2.10. The topological polar surface area (TPSA) is 108 Å². The molecule has 0 atom stereocenters. The van der Waals surface area contributed by atoms with Crippen LogP contribution in [-0.2, 0) is 7.05 Å². The summed E-state index contributed by atoms with van der Waals surface area (Å²) < 4.78 is 7.21. The van der Waals surface area contributed by atoms with E-state index in [1.165, 1.54) is 0 Å². The number of hydrogen-bond donors (Lipinski definition) is 2. The first kappa shape index (κ1) is 9.58. The van der Waals surface area contributed by atoms with Gasteiger partial charge in [0.25, 0.3) is 0 Å². The third-order valence-electron chi connectivity index (χ3n) is 2.19. The van der Waals surface area contributed by atoms with Crippen molar-refractivity contribution < 1.29 is 4.74 Å². The highest BCUT2D eigenvalue weighted by Crippen LogP contribution is 2.26. The summed E-state index contributed by atoms with van der Waals surface area (Å²) in [5, 5.41) is 11.2. The number of aromatic nitrogens is 6. The maximum atomic E-state index is 5.58. The van der Waals surface area contributed by atoms with Gasteiger partial charge >= 0.3 is 0 Å². The van der Waals surface area contributed by atoms with E-state index in [-0.39, 0.29) is 5.95 Å². The molecule has 0 fully saturated rings. The van der Waals surface area contributed by atoms with Crippen molar-refractivity contribution in [2.24, 2.45) is 7.05 Å². The number of aromatic amines is 1. The van der Waals surface area contributed by atoms with Gasteiger partial charge in [-0.3, -0.25) is 9.78 Å². The van der Waals surface area contributed by atoms with E-state index in [4.69, 9.17) is 10.5 Å². The minimum atomic E-state index is 0.126. The van der Waals surface area contributed by atoms with Gasteiger partial charge in [0, 0.05) is 7.05 Å². The summed E-state index contributed by atoms with van der Waals surface area (Å²) in [6.07, 6.45) is 4.90. The number of aryl methyl sites for hydroxylation is 1. The Labute approximate surface area is 95.4 Å². The van der Waals surface area contributed by atoms with Crippen LogP contribution in [-0.4, -0.2) is 29.9 Å². The number of H-pyrrole nitrogens is 1. The molecule has 0 bridgehead atoms. The van der Waals surface area contributed by atoms with Crippen molar-refractivity contribution in [1.29, 1.82) is 0 Å². The average Bonchev–Trinajstić information content (AvgIpc) is 2.87. The lowest BCUT2D eigenvalue weighted by atomic mass is 10.4. The van der Waals surface area contributed by atoms with Crippen molar-refractivity contribution in [3.63, 3.8) is 0 Å². The van der Waals surface area contributed by atoms with Gasteiger partial charge in [-0.15, -0.1) is 0 Å². The fraction of sp³-hybridized carbons (Fsp3) is 0.111. The smallest absolute Gasteiger partial charge is 0.235 e. The Morgan fingerprint density at radius 1 is 1.35 bits per heavy atom. The molecule has 0 aliphatic heterocycles. The minimum Gasteiger partial charge on any atom is -0.435 e. The van der Waals surface area contributed by atoms with Crippen molar-refractivity contribution in [1.82, 2.24) is 29.9 Å². The molecule has 86 valence electrons. The number of nitrogen functional groups attached to an aromatic ring is 1. The van der Waals surface area contributed by atoms with Crippen LogP contribution in [0.5, 0.6) is 11.6 Å². The van der Waals surface area contributed by atoms with E-state index in [1.54, 1.807) is 30.3 Å². The number of hydrogen-bond acceptors (Lipinski definition) is 6. The molecule has 8 nitrogen and oxygen atoms in total. The van der Waals surface area contributed by atoms with E-state index >= 15 is 0 Å². The van der Waals surface area contributed by atoms with Crippen molar-refractivity contribution in [3.05, 3.63) is 18.6 Å². The summed E-state index contributed by atoms with van der Waals surface area (Å²) in [5.41, 5.74) is 6.11. The van der Waals surface area contributed by atoms with E-state index < -0.39 is 0 Å². The minimum absolute atomic E-state index is 0.126. The number of nitrogens with one attached hydrogen (secondary N) is 1. The summed E-state index contributed by atoms with van der Waals surface area (Å²) in [6.45, 7) is 0. The Kier molecular flexibility index (Phi) is 1.94. The number of ether oxygens (including phenoxy) is 1. The van der Waals surface area contributed by atoms with Gasteiger partial charge in [-0.05, 0) is 0 Å². The van der Waals surface area contributed by atoms with Crippen LogP contribution in [0.1, 0.15) is 0 Å². The lowest BCUT2D eigenvalue weighted by Crippen LogP contribution is -1.97. The standard InChI is InChI=1S/C9H9N7O/c1-16-4-5(2-12-16)17-8-6-3-11-15-7(6)13-9(10)14-8/h2-4H,1H3,(H3,10,11,13,14,15). The number of fused-ring (bicyclic) bond motifs is 1. The lowest BCUT2D eigenvalue weighted by molar-refractivity contribution is 0.468. The molecule has 8 heteroatoms. The first-order valence-corrected chi connectivity index (χ1v) is 4.85. The number of rotatable bonds is 2. The zero-order chi connectivity index (χ0) is 11.8. The van der Waals surface area contributed by atoms with Crippen LogP contribution >= 0.6 is 0 Å². The van der Waals surface area contributed by atoms with E-state index in [1.807, 2.05) is 0 Å². The van der Waals surface area contributed by atoms with E-state index in [9.17, 15) is 0 Å². The summed E-state index contributed by atoms with van der Waals surface area (Å²) >= 11 is 0. The third kappa shape index (κ3) is 1.65. The molecule has 0 aliphatic carbocycles. The first-order valence-electron chi connectivity index (χ1n) is 4.85. The van der Waals surface area contributed by atoms with Gasteiger partial charge in [0.1, 0.15) is 5.39 Å². The Bertz CT molecular complexity index is 671. The molecule has 3 rings (SSSR count). The van der Waals surface area contributed by atoms with Gasteiger partial charge in [-0.2, -0.15) is 20.2 Å².